The van der Waals surface area contributed by atoms with Crippen LogP contribution in [0.1, 0.15) is 114 Å². The third kappa shape index (κ3) is 6.25. The Bertz CT molecular complexity index is 658. The lowest BCUT2D eigenvalue weighted by Gasteiger charge is -2.39. The topological polar surface area (TPSA) is 9.23 Å². The zero-order chi connectivity index (χ0) is 21.5. The Kier molecular flexibility index (Phi) is 8.71. The van der Waals surface area contributed by atoms with Crippen LogP contribution in [-0.4, -0.2) is 12.2 Å². The standard InChI is InChI=1S/C30H46O/c1-3-5-6-8-23-9-11-24(12-10-23)25-13-15-26(16-14-25)27-17-19-28(20-18-27)30-22-21-29(31-30)7-4-2/h3,5,9-12,25-30H,4,6-8,13-22H2,1-2H3. The summed E-state index contributed by atoms with van der Waals surface area (Å²) in [4.78, 5) is 0. The molecule has 0 spiro atoms. The highest BCUT2D eigenvalue weighted by atomic mass is 16.5. The van der Waals surface area contributed by atoms with Gasteiger partial charge < -0.3 is 4.74 Å². The molecule has 1 aromatic rings. The second kappa shape index (κ2) is 11.7. The molecule has 2 saturated carbocycles. The quantitative estimate of drug-likeness (QED) is 0.381. The van der Waals surface area contributed by atoms with Gasteiger partial charge in [0, 0.05) is 0 Å². The van der Waals surface area contributed by atoms with E-state index in [0.29, 0.717) is 12.2 Å². The van der Waals surface area contributed by atoms with Crippen molar-refractivity contribution in [2.45, 2.75) is 122 Å². The van der Waals surface area contributed by atoms with E-state index in [9.17, 15) is 0 Å². The number of allylic oxidation sites excluding steroid dienone is 2. The van der Waals surface area contributed by atoms with Gasteiger partial charge in [-0.2, -0.15) is 0 Å². The normalized spacial score (nSPS) is 34.4. The van der Waals surface area contributed by atoms with Crippen LogP contribution in [0.4, 0.5) is 0 Å². The third-order valence-corrected chi connectivity index (χ3v) is 8.82. The number of hydrogen-bond acceptors (Lipinski definition) is 1. The predicted octanol–water partition coefficient (Wildman–Crippen LogP) is 8.62. The fourth-order valence-corrected chi connectivity index (χ4v) is 6.90. The fraction of sp³-hybridized carbons (Fsp3) is 0.733. The van der Waals surface area contributed by atoms with Gasteiger partial charge in [-0.3, -0.25) is 0 Å². The molecule has 3 fully saturated rings. The largest absolute Gasteiger partial charge is 0.375 e. The fourth-order valence-electron chi connectivity index (χ4n) is 6.90. The Hall–Kier alpha value is -1.08. The molecule has 2 atom stereocenters. The van der Waals surface area contributed by atoms with Gasteiger partial charge in [0.2, 0.25) is 0 Å². The molecule has 2 aliphatic carbocycles. The van der Waals surface area contributed by atoms with Gasteiger partial charge in [-0.1, -0.05) is 49.8 Å². The molecule has 2 unspecified atom stereocenters. The average Bonchev–Trinajstić information content (AvgIpc) is 3.29. The maximum absolute atomic E-state index is 6.42. The Balaban J connectivity index is 1.18. The molecule has 1 heteroatoms. The smallest absolute Gasteiger partial charge is 0.0608 e. The molecule has 0 radical (unpaired) electrons. The highest BCUT2D eigenvalue weighted by Crippen LogP contribution is 2.45. The summed E-state index contributed by atoms with van der Waals surface area (Å²) in [7, 11) is 0. The van der Waals surface area contributed by atoms with Crippen LogP contribution in [0.25, 0.3) is 0 Å². The zero-order valence-electron chi connectivity index (χ0n) is 20.2. The summed E-state index contributed by atoms with van der Waals surface area (Å²) in [5.74, 6) is 3.66. The Morgan fingerprint density at radius 1 is 0.806 bits per heavy atom. The van der Waals surface area contributed by atoms with Gasteiger partial charge in [0.25, 0.3) is 0 Å². The molecule has 0 aromatic heterocycles. The van der Waals surface area contributed by atoms with Gasteiger partial charge in [-0.05, 0) is 125 Å². The van der Waals surface area contributed by atoms with Gasteiger partial charge >= 0.3 is 0 Å². The first kappa shape index (κ1) is 23.1. The molecule has 4 rings (SSSR count). The summed E-state index contributed by atoms with van der Waals surface area (Å²) < 4.78 is 6.42. The summed E-state index contributed by atoms with van der Waals surface area (Å²) in [6, 6.07) is 9.61. The number of hydrogen-bond donors (Lipinski definition) is 0. The van der Waals surface area contributed by atoms with Crippen LogP contribution in [0.5, 0.6) is 0 Å². The van der Waals surface area contributed by atoms with E-state index in [2.05, 4.69) is 50.3 Å². The van der Waals surface area contributed by atoms with Crippen molar-refractivity contribution >= 4 is 0 Å². The lowest BCUT2D eigenvalue weighted by Crippen LogP contribution is -2.30. The summed E-state index contributed by atoms with van der Waals surface area (Å²) in [6.07, 6.45) is 24.7. The lowest BCUT2D eigenvalue weighted by atomic mass is 9.67. The van der Waals surface area contributed by atoms with Crippen LogP contribution in [0.3, 0.4) is 0 Å². The summed E-state index contributed by atoms with van der Waals surface area (Å²) >= 11 is 0. The van der Waals surface area contributed by atoms with Crippen LogP contribution in [-0.2, 0) is 11.2 Å². The van der Waals surface area contributed by atoms with Crippen LogP contribution in [0, 0.1) is 17.8 Å². The predicted molar refractivity (Wildman–Crippen MR) is 133 cm³/mol. The summed E-state index contributed by atoms with van der Waals surface area (Å²) in [5, 5.41) is 0. The summed E-state index contributed by atoms with van der Waals surface area (Å²) in [6.45, 7) is 4.40. The van der Waals surface area contributed by atoms with E-state index in [0.717, 1.165) is 30.1 Å². The van der Waals surface area contributed by atoms with Crippen LogP contribution in [0.2, 0.25) is 0 Å². The molecule has 0 amide bonds. The van der Waals surface area contributed by atoms with Gasteiger partial charge in [0.05, 0.1) is 12.2 Å². The monoisotopic (exact) mass is 422 g/mol. The van der Waals surface area contributed by atoms with Crippen molar-refractivity contribution in [3.05, 3.63) is 47.5 Å². The number of ether oxygens (including phenoxy) is 1. The molecular formula is C30H46O. The molecule has 1 aliphatic heterocycles. The van der Waals surface area contributed by atoms with Crippen molar-refractivity contribution in [1.29, 1.82) is 0 Å². The van der Waals surface area contributed by atoms with E-state index in [4.69, 9.17) is 4.74 Å². The third-order valence-electron chi connectivity index (χ3n) is 8.82. The molecule has 1 heterocycles. The molecular weight excluding hydrogens is 376 g/mol. The molecule has 0 bridgehead atoms. The molecule has 1 nitrogen and oxygen atoms in total. The zero-order valence-corrected chi connectivity index (χ0v) is 20.2. The van der Waals surface area contributed by atoms with E-state index >= 15 is 0 Å². The van der Waals surface area contributed by atoms with E-state index in [1.165, 1.54) is 89.0 Å². The maximum atomic E-state index is 6.42. The Morgan fingerprint density at radius 3 is 2.10 bits per heavy atom. The van der Waals surface area contributed by atoms with E-state index < -0.39 is 0 Å². The highest BCUT2D eigenvalue weighted by molar-refractivity contribution is 5.26. The number of benzene rings is 1. The molecule has 172 valence electrons. The van der Waals surface area contributed by atoms with Gasteiger partial charge in [0.15, 0.2) is 0 Å². The van der Waals surface area contributed by atoms with E-state index in [1.54, 1.807) is 5.56 Å². The highest BCUT2D eigenvalue weighted by Gasteiger charge is 2.36. The SMILES string of the molecule is CC=CCCc1ccc(C2CCC(C3CCC(C4CCC(CCC)O4)CC3)CC2)cc1. The van der Waals surface area contributed by atoms with Crippen molar-refractivity contribution < 1.29 is 4.74 Å². The van der Waals surface area contributed by atoms with Crippen molar-refractivity contribution in [3.63, 3.8) is 0 Å². The van der Waals surface area contributed by atoms with Gasteiger partial charge in [-0.25, -0.2) is 0 Å². The van der Waals surface area contributed by atoms with E-state index in [1.807, 2.05) is 0 Å². The number of rotatable bonds is 8. The van der Waals surface area contributed by atoms with E-state index in [-0.39, 0.29) is 0 Å². The number of aryl methyl sites for hydroxylation is 1. The van der Waals surface area contributed by atoms with Crippen molar-refractivity contribution in [1.82, 2.24) is 0 Å². The second-order valence-corrected chi connectivity index (χ2v) is 10.8. The van der Waals surface area contributed by atoms with Crippen LogP contribution < -0.4 is 0 Å². The minimum atomic E-state index is 0.574. The molecule has 1 aromatic carbocycles. The molecule has 31 heavy (non-hydrogen) atoms. The average molecular weight is 423 g/mol. The first-order valence-corrected chi connectivity index (χ1v) is 13.6. The first-order chi connectivity index (χ1) is 15.3. The van der Waals surface area contributed by atoms with Gasteiger partial charge in [-0.15, -0.1) is 0 Å². The van der Waals surface area contributed by atoms with Crippen molar-refractivity contribution in [3.8, 4) is 0 Å². The molecule has 0 N–H and O–H groups in total. The minimum Gasteiger partial charge on any atom is -0.375 e. The second-order valence-electron chi connectivity index (χ2n) is 10.8. The lowest BCUT2D eigenvalue weighted by molar-refractivity contribution is -0.0110. The first-order valence-electron chi connectivity index (χ1n) is 13.6. The van der Waals surface area contributed by atoms with Crippen LogP contribution >= 0.6 is 0 Å². The van der Waals surface area contributed by atoms with Crippen molar-refractivity contribution in [2.24, 2.45) is 17.8 Å². The van der Waals surface area contributed by atoms with Gasteiger partial charge in [0.1, 0.15) is 0 Å². The Morgan fingerprint density at radius 2 is 1.45 bits per heavy atom. The van der Waals surface area contributed by atoms with Crippen LogP contribution in [0.15, 0.2) is 36.4 Å². The minimum absolute atomic E-state index is 0.574. The maximum Gasteiger partial charge on any atom is 0.0608 e. The Labute approximate surface area is 192 Å². The summed E-state index contributed by atoms with van der Waals surface area (Å²) in [5.41, 5.74) is 3.08. The molecule has 1 saturated heterocycles. The molecule has 3 aliphatic rings. The van der Waals surface area contributed by atoms with Crippen molar-refractivity contribution in [2.75, 3.05) is 0 Å².